The molecular formula is C21H28F2N2O2S. The van der Waals surface area contributed by atoms with E-state index in [4.69, 9.17) is 0 Å². The lowest BCUT2D eigenvalue weighted by atomic mass is 9.74. The van der Waals surface area contributed by atoms with E-state index in [0.29, 0.717) is 42.6 Å². The van der Waals surface area contributed by atoms with Gasteiger partial charge in [0.2, 0.25) is 10.0 Å². The van der Waals surface area contributed by atoms with Gasteiger partial charge < -0.3 is 0 Å². The SMILES string of the molecule is O=S(=O)(CC1CC1)N1C[C@@H]2C[C@H](C1)[C@@H]1CCC[C@H](c3cc(F)cc(F)c3)N1C2. The fourth-order valence-electron chi connectivity index (χ4n) is 5.80. The molecule has 3 aliphatic heterocycles. The quantitative estimate of drug-likeness (QED) is 0.762. The Hall–Kier alpha value is -1.05. The largest absolute Gasteiger partial charge is 0.293 e. The van der Waals surface area contributed by atoms with Gasteiger partial charge in [-0.3, -0.25) is 4.90 Å². The molecule has 1 aromatic rings. The van der Waals surface area contributed by atoms with Crippen molar-refractivity contribution in [2.75, 3.05) is 25.4 Å². The van der Waals surface area contributed by atoms with E-state index in [2.05, 4.69) is 4.90 Å². The van der Waals surface area contributed by atoms with Gasteiger partial charge in [-0.1, -0.05) is 0 Å². The first kappa shape index (κ1) is 18.9. The molecule has 4 fully saturated rings. The van der Waals surface area contributed by atoms with Gasteiger partial charge in [-0.25, -0.2) is 21.5 Å². The van der Waals surface area contributed by atoms with Crippen LogP contribution in [0.1, 0.15) is 50.1 Å². The van der Waals surface area contributed by atoms with Gasteiger partial charge in [-0.2, -0.15) is 0 Å². The van der Waals surface area contributed by atoms with Crippen LogP contribution in [0.4, 0.5) is 8.78 Å². The Labute approximate surface area is 165 Å². The minimum absolute atomic E-state index is 0.0314. The minimum Gasteiger partial charge on any atom is -0.293 e. The van der Waals surface area contributed by atoms with E-state index < -0.39 is 21.7 Å². The van der Waals surface area contributed by atoms with Gasteiger partial charge in [0.1, 0.15) is 11.6 Å². The number of nitrogens with zero attached hydrogens (tertiary/aromatic N) is 2. The molecule has 4 nitrogen and oxygen atoms in total. The molecule has 0 N–H and O–H groups in total. The molecule has 1 aliphatic carbocycles. The molecule has 4 aliphatic rings. The number of fused-ring (bicyclic) bond motifs is 4. The third kappa shape index (κ3) is 3.61. The first-order chi connectivity index (χ1) is 13.4. The van der Waals surface area contributed by atoms with Crippen LogP contribution in [-0.4, -0.2) is 49.1 Å². The lowest BCUT2D eigenvalue weighted by Gasteiger charge is -2.55. The predicted molar refractivity (Wildman–Crippen MR) is 103 cm³/mol. The molecule has 154 valence electrons. The summed E-state index contributed by atoms with van der Waals surface area (Å²) in [4.78, 5) is 2.43. The van der Waals surface area contributed by atoms with Crippen molar-refractivity contribution in [2.24, 2.45) is 17.8 Å². The minimum atomic E-state index is -3.16. The normalized spacial score (nSPS) is 34.2. The van der Waals surface area contributed by atoms with Gasteiger partial charge in [0.15, 0.2) is 0 Å². The Morgan fingerprint density at radius 1 is 0.964 bits per heavy atom. The van der Waals surface area contributed by atoms with Crippen LogP contribution in [0.2, 0.25) is 0 Å². The molecule has 4 atom stereocenters. The van der Waals surface area contributed by atoms with E-state index in [9.17, 15) is 17.2 Å². The lowest BCUT2D eigenvalue weighted by Crippen LogP contribution is -2.60. The number of benzene rings is 1. The number of rotatable bonds is 4. The molecule has 0 radical (unpaired) electrons. The van der Waals surface area contributed by atoms with Crippen molar-refractivity contribution in [2.45, 2.75) is 50.6 Å². The highest BCUT2D eigenvalue weighted by atomic mass is 32.2. The number of sulfonamides is 1. The van der Waals surface area contributed by atoms with Crippen LogP contribution in [0.3, 0.4) is 0 Å². The monoisotopic (exact) mass is 410 g/mol. The molecule has 7 heteroatoms. The summed E-state index contributed by atoms with van der Waals surface area (Å²) >= 11 is 0. The topological polar surface area (TPSA) is 40.6 Å². The molecule has 2 bridgehead atoms. The van der Waals surface area contributed by atoms with E-state index in [1.807, 2.05) is 0 Å². The van der Waals surface area contributed by atoms with Crippen molar-refractivity contribution < 1.29 is 17.2 Å². The Morgan fingerprint density at radius 2 is 1.71 bits per heavy atom. The van der Waals surface area contributed by atoms with Crippen LogP contribution in [0.15, 0.2) is 18.2 Å². The Balaban J connectivity index is 1.37. The number of piperidine rings is 3. The van der Waals surface area contributed by atoms with Crippen molar-refractivity contribution in [3.05, 3.63) is 35.4 Å². The average molecular weight is 411 g/mol. The summed E-state index contributed by atoms with van der Waals surface area (Å²) in [7, 11) is -3.16. The van der Waals surface area contributed by atoms with Gasteiger partial charge in [0.05, 0.1) is 5.75 Å². The second-order valence-electron chi connectivity index (χ2n) is 9.31. The van der Waals surface area contributed by atoms with Gasteiger partial charge in [0, 0.05) is 37.8 Å². The molecule has 28 heavy (non-hydrogen) atoms. The van der Waals surface area contributed by atoms with Gasteiger partial charge >= 0.3 is 0 Å². The van der Waals surface area contributed by atoms with E-state index in [1.54, 1.807) is 4.31 Å². The highest BCUT2D eigenvalue weighted by molar-refractivity contribution is 7.89. The Morgan fingerprint density at radius 3 is 2.43 bits per heavy atom. The maximum atomic E-state index is 13.8. The van der Waals surface area contributed by atoms with Crippen molar-refractivity contribution >= 4 is 10.0 Å². The zero-order chi connectivity index (χ0) is 19.5. The van der Waals surface area contributed by atoms with Crippen molar-refractivity contribution in [3.63, 3.8) is 0 Å². The van der Waals surface area contributed by atoms with Crippen LogP contribution >= 0.6 is 0 Å². The van der Waals surface area contributed by atoms with Crippen LogP contribution < -0.4 is 0 Å². The maximum absolute atomic E-state index is 13.8. The lowest BCUT2D eigenvalue weighted by molar-refractivity contribution is -0.0417. The number of hydrogen-bond acceptors (Lipinski definition) is 3. The van der Waals surface area contributed by atoms with Crippen molar-refractivity contribution in [1.29, 1.82) is 0 Å². The average Bonchev–Trinajstić information content (AvgIpc) is 3.43. The van der Waals surface area contributed by atoms with Gasteiger partial charge in [-0.15, -0.1) is 0 Å². The standard InChI is InChI=1S/C21H28F2N2O2S/c22-18-7-16(8-19(23)9-18)20-2-1-3-21-17-6-15(11-25(20)21)10-24(12-17)28(26,27)13-14-4-5-14/h7-9,14-15,17,20-21H,1-6,10-13H2/t15-,17+,20+,21-/m0/s1. The molecule has 0 aromatic heterocycles. The van der Waals surface area contributed by atoms with E-state index in [0.717, 1.165) is 56.7 Å². The van der Waals surface area contributed by atoms with E-state index >= 15 is 0 Å². The number of hydrogen-bond donors (Lipinski definition) is 0. The molecular weight excluding hydrogens is 382 g/mol. The summed E-state index contributed by atoms with van der Waals surface area (Å²) in [6, 6.07) is 4.20. The first-order valence-corrected chi connectivity index (χ1v) is 12.2. The molecule has 3 heterocycles. The summed E-state index contributed by atoms with van der Waals surface area (Å²) in [6.07, 6.45) is 6.12. The Bertz CT molecular complexity index is 838. The van der Waals surface area contributed by atoms with Crippen LogP contribution in [-0.2, 0) is 10.0 Å². The van der Waals surface area contributed by atoms with Crippen LogP contribution in [0.25, 0.3) is 0 Å². The molecule has 5 rings (SSSR count). The zero-order valence-electron chi connectivity index (χ0n) is 16.1. The highest BCUT2D eigenvalue weighted by Crippen LogP contribution is 2.45. The third-order valence-electron chi connectivity index (χ3n) is 7.16. The summed E-state index contributed by atoms with van der Waals surface area (Å²) in [5.74, 6) is 0.264. The molecule has 1 aromatic carbocycles. The fraction of sp³-hybridized carbons (Fsp3) is 0.714. The molecule has 3 saturated heterocycles. The maximum Gasteiger partial charge on any atom is 0.214 e. The summed E-state index contributed by atoms with van der Waals surface area (Å²) in [5.41, 5.74) is 0.723. The first-order valence-electron chi connectivity index (χ1n) is 10.6. The summed E-state index contributed by atoms with van der Waals surface area (Å²) in [6.45, 7) is 2.02. The van der Waals surface area contributed by atoms with Gasteiger partial charge in [0.25, 0.3) is 0 Å². The second-order valence-corrected chi connectivity index (χ2v) is 11.3. The van der Waals surface area contributed by atoms with Gasteiger partial charge in [-0.05, 0) is 74.0 Å². The number of halogens is 2. The van der Waals surface area contributed by atoms with Crippen LogP contribution in [0, 0.1) is 29.4 Å². The second kappa shape index (κ2) is 7.03. The fourth-order valence-corrected chi connectivity index (χ4v) is 7.80. The molecule has 0 amide bonds. The van der Waals surface area contributed by atoms with E-state index in [1.165, 1.54) is 12.1 Å². The third-order valence-corrected chi connectivity index (χ3v) is 9.14. The van der Waals surface area contributed by atoms with E-state index in [-0.39, 0.29) is 6.04 Å². The summed E-state index contributed by atoms with van der Waals surface area (Å²) in [5, 5.41) is 0. The molecule has 1 saturated carbocycles. The predicted octanol–water partition coefficient (Wildman–Crippen LogP) is 3.55. The molecule has 0 unspecified atom stereocenters. The Kier molecular flexibility index (Phi) is 4.75. The van der Waals surface area contributed by atoms with Crippen LogP contribution in [0.5, 0.6) is 0 Å². The smallest absolute Gasteiger partial charge is 0.214 e. The zero-order valence-corrected chi connectivity index (χ0v) is 16.9. The summed E-state index contributed by atoms with van der Waals surface area (Å²) < 4.78 is 55.0. The van der Waals surface area contributed by atoms with Crippen molar-refractivity contribution in [3.8, 4) is 0 Å². The van der Waals surface area contributed by atoms with Crippen molar-refractivity contribution in [1.82, 2.24) is 9.21 Å². The molecule has 0 spiro atoms. The highest BCUT2D eigenvalue weighted by Gasteiger charge is 2.47.